The summed E-state index contributed by atoms with van der Waals surface area (Å²) in [5, 5.41) is 19.1. The first-order chi connectivity index (χ1) is 9.87. The zero-order chi connectivity index (χ0) is 16.2. The van der Waals surface area contributed by atoms with Crippen LogP contribution in [0.5, 0.6) is 5.75 Å². The standard InChI is InChI=1S/C14H14BCl2FO3/c1-4-11(16)13(12(17)5-2)9-6-8(18)7-10(15(19)20)14(9)21-3/h4-7,19-20H,1H2,2-3H3/b12-5+,13-11+. The van der Waals surface area contributed by atoms with Crippen LogP contribution in [0.2, 0.25) is 0 Å². The Morgan fingerprint density at radius 3 is 2.43 bits per heavy atom. The zero-order valence-electron chi connectivity index (χ0n) is 11.5. The van der Waals surface area contributed by atoms with Gasteiger partial charge in [0.25, 0.3) is 0 Å². The number of methoxy groups -OCH3 is 1. The van der Waals surface area contributed by atoms with Crippen LogP contribution in [-0.4, -0.2) is 24.3 Å². The number of benzene rings is 1. The van der Waals surface area contributed by atoms with Crippen molar-refractivity contribution in [1.29, 1.82) is 0 Å². The summed E-state index contributed by atoms with van der Waals surface area (Å²) in [6, 6.07) is 2.12. The third-order valence-corrected chi connectivity index (χ3v) is 3.49. The summed E-state index contributed by atoms with van der Waals surface area (Å²) in [5.74, 6) is -0.609. The highest BCUT2D eigenvalue weighted by Crippen LogP contribution is 2.36. The molecule has 7 heteroatoms. The van der Waals surface area contributed by atoms with Gasteiger partial charge in [-0.15, -0.1) is 0 Å². The molecule has 0 aromatic heterocycles. The Bertz CT molecular complexity index is 612. The first-order valence-corrected chi connectivity index (χ1v) is 6.71. The van der Waals surface area contributed by atoms with Crippen molar-refractivity contribution in [1.82, 2.24) is 0 Å². The van der Waals surface area contributed by atoms with E-state index < -0.39 is 12.9 Å². The highest BCUT2D eigenvalue weighted by atomic mass is 35.5. The van der Waals surface area contributed by atoms with Crippen LogP contribution in [-0.2, 0) is 0 Å². The fraction of sp³-hybridized carbons (Fsp3) is 0.143. The summed E-state index contributed by atoms with van der Waals surface area (Å²) in [7, 11) is -0.575. The van der Waals surface area contributed by atoms with E-state index in [0.29, 0.717) is 0 Å². The van der Waals surface area contributed by atoms with Crippen LogP contribution in [0, 0.1) is 5.82 Å². The molecule has 0 heterocycles. The quantitative estimate of drug-likeness (QED) is 0.644. The maximum atomic E-state index is 13.8. The van der Waals surface area contributed by atoms with Crippen molar-refractivity contribution in [2.45, 2.75) is 6.92 Å². The van der Waals surface area contributed by atoms with Crippen LogP contribution in [0.25, 0.3) is 5.57 Å². The van der Waals surface area contributed by atoms with Gasteiger partial charge in [-0.05, 0) is 19.1 Å². The number of ether oxygens (including phenoxy) is 1. The second-order valence-electron chi connectivity index (χ2n) is 4.01. The van der Waals surface area contributed by atoms with Gasteiger partial charge in [0.05, 0.1) is 7.11 Å². The minimum atomic E-state index is -1.90. The summed E-state index contributed by atoms with van der Waals surface area (Å²) in [4.78, 5) is 0. The van der Waals surface area contributed by atoms with Gasteiger partial charge in [0, 0.05) is 26.7 Å². The summed E-state index contributed by atoms with van der Waals surface area (Å²) in [6.07, 6.45) is 2.92. The molecule has 0 bridgehead atoms. The van der Waals surface area contributed by atoms with Crippen molar-refractivity contribution in [3.05, 3.63) is 52.3 Å². The molecular weight excluding hydrogens is 317 g/mol. The van der Waals surface area contributed by atoms with Gasteiger partial charge in [-0.3, -0.25) is 0 Å². The Morgan fingerprint density at radius 1 is 1.38 bits per heavy atom. The first-order valence-electron chi connectivity index (χ1n) is 5.95. The zero-order valence-corrected chi connectivity index (χ0v) is 13.0. The van der Waals surface area contributed by atoms with Crippen molar-refractivity contribution in [2.75, 3.05) is 7.11 Å². The van der Waals surface area contributed by atoms with Crippen LogP contribution in [0.3, 0.4) is 0 Å². The highest BCUT2D eigenvalue weighted by molar-refractivity contribution is 6.60. The Labute approximate surface area is 133 Å². The maximum absolute atomic E-state index is 13.8. The molecule has 3 nitrogen and oxygen atoms in total. The van der Waals surface area contributed by atoms with Crippen molar-refractivity contribution in [3.8, 4) is 5.75 Å². The molecule has 0 unspecified atom stereocenters. The lowest BCUT2D eigenvalue weighted by Crippen LogP contribution is -2.32. The molecule has 0 radical (unpaired) electrons. The van der Waals surface area contributed by atoms with E-state index in [1.807, 2.05) is 0 Å². The normalized spacial score (nSPS) is 12.8. The molecule has 21 heavy (non-hydrogen) atoms. The molecular formula is C14H14BCl2FO3. The molecule has 0 saturated carbocycles. The molecule has 0 aliphatic heterocycles. The molecule has 1 aromatic rings. The summed E-state index contributed by atoms with van der Waals surface area (Å²) in [6.45, 7) is 5.23. The molecule has 0 amide bonds. The monoisotopic (exact) mass is 330 g/mol. The Morgan fingerprint density at radius 2 is 2.00 bits per heavy atom. The van der Waals surface area contributed by atoms with E-state index in [0.717, 1.165) is 12.1 Å². The Balaban J connectivity index is 3.79. The van der Waals surface area contributed by atoms with E-state index in [-0.39, 0.29) is 32.4 Å². The lowest BCUT2D eigenvalue weighted by atomic mass is 9.77. The van der Waals surface area contributed by atoms with E-state index in [1.165, 1.54) is 13.2 Å². The molecule has 0 spiro atoms. The van der Waals surface area contributed by atoms with E-state index in [9.17, 15) is 14.4 Å². The average molecular weight is 331 g/mol. The molecule has 0 saturated heterocycles. The summed E-state index contributed by atoms with van der Waals surface area (Å²) < 4.78 is 18.9. The van der Waals surface area contributed by atoms with Gasteiger partial charge >= 0.3 is 7.12 Å². The predicted molar refractivity (Wildman–Crippen MR) is 85.4 cm³/mol. The largest absolute Gasteiger partial charge is 0.496 e. The SMILES string of the molecule is C=C/C(Cl)=C(\C(Cl)=C/C)c1cc(F)cc(B(O)O)c1OC. The number of allylic oxidation sites excluding steroid dienone is 5. The van der Waals surface area contributed by atoms with E-state index in [4.69, 9.17) is 27.9 Å². The highest BCUT2D eigenvalue weighted by Gasteiger charge is 2.24. The van der Waals surface area contributed by atoms with E-state index in [2.05, 4.69) is 6.58 Å². The number of rotatable bonds is 5. The molecule has 112 valence electrons. The summed E-state index contributed by atoms with van der Waals surface area (Å²) in [5.41, 5.74) is 0.363. The van der Waals surface area contributed by atoms with Crippen LogP contribution in [0.4, 0.5) is 4.39 Å². The van der Waals surface area contributed by atoms with Crippen molar-refractivity contribution in [3.63, 3.8) is 0 Å². The van der Waals surface area contributed by atoms with Crippen LogP contribution in [0.1, 0.15) is 12.5 Å². The van der Waals surface area contributed by atoms with Crippen LogP contribution < -0.4 is 10.2 Å². The second kappa shape index (κ2) is 7.66. The Kier molecular flexibility index (Phi) is 6.49. The van der Waals surface area contributed by atoms with Gasteiger partial charge in [0.15, 0.2) is 0 Å². The molecule has 0 aliphatic rings. The van der Waals surface area contributed by atoms with Crippen LogP contribution in [0.15, 0.2) is 40.9 Å². The van der Waals surface area contributed by atoms with E-state index >= 15 is 0 Å². The molecule has 0 fully saturated rings. The minimum absolute atomic E-state index is 0.0707. The number of halogens is 3. The third kappa shape index (κ3) is 3.89. The molecule has 1 aromatic carbocycles. The minimum Gasteiger partial charge on any atom is -0.496 e. The van der Waals surface area contributed by atoms with Gasteiger partial charge in [0.2, 0.25) is 0 Å². The number of hydrogen-bond donors (Lipinski definition) is 2. The summed E-state index contributed by atoms with van der Waals surface area (Å²) >= 11 is 12.2. The molecule has 0 aliphatic carbocycles. The lowest BCUT2D eigenvalue weighted by Gasteiger charge is -2.16. The van der Waals surface area contributed by atoms with Crippen LogP contribution >= 0.6 is 23.2 Å². The lowest BCUT2D eigenvalue weighted by molar-refractivity contribution is 0.401. The molecule has 1 rings (SSSR count). The second-order valence-corrected chi connectivity index (χ2v) is 4.83. The predicted octanol–water partition coefficient (Wildman–Crippen LogP) is 2.79. The maximum Gasteiger partial charge on any atom is 0.492 e. The fourth-order valence-corrected chi connectivity index (χ4v) is 2.29. The number of hydrogen-bond acceptors (Lipinski definition) is 3. The van der Waals surface area contributed by atoms with E-state index in [1.54, 1.807) is 13.0 Å². The van der Waals surface area contributed by atoms with Gasteiger partial charge in [-0.1, -0.05) is 41.9 Å². The smallest absolute Gasteiger partial charge is 0.492 e. The van der Waals surface area contributed by atoms with Gasteiger partial charge in [-0.25, -0.2) is 4.39 Å². The average Bonchev–Trinajstić information content (AvgIpc) is 2.46. The third-order valence-electron chi connectivity index (χ3n) is 2.74. The van der Waals surface area contributed by atoms with Crippen molar-refractivity contribution in [2.24, 2.45) is 0 Å². The van der Waals surface area contributed by atoms with Gasteiger partial charge in [0.1, 0.15) is 11.6 Å². The molecule has 2 N–H and O–H groups in total. The topological polar surface area (TPSA) is 49.7 Å². The Hall–Kier alpha value is -1.27. The molecule has 0 atom stereocenters. The van der Waals surface area contributed by atoms with Crippen molar-refractivity contribution >= 4 is 41.4 Å². The van der Waals surface area contributed by atoms with Gasteiger partial charge in [-0.2, -0.15) is 0 Å². The first kappa shape index (κ1) is 17.8. The van der Waals surface area contributed by atoms with Crippen molar-refractivity contribution < 1.29 is 19.2 Å². The fourth-order valence-electron chi connectivity index (χ4n) is 1.84. The van der Waals surface area contributed by atoms with Gasteiger partial charge < -0.3 is 14.8 Å².